The maximum absolute atomic E-state index is 11.1. The zero-order chi connectivity index (χ0) is 25.7. The van der Waals surface area contributed by atoms with Crippen LogP contribution in [-0.4, -0.2) is 60.1 Å². The SMILES string of the molecule is CS(=O)(=O)NCCCCCCn1nnc(-c2ccc(C3=CC4(CCNCC4)Oc4ccccc43)cc2)n1. The summed E-state index contributed by atoms with van der Waals surface area (Å²) in [6.07, 6.45) is 9.07. The van der Waals surface area contributed by atoms with Crippen LogP contribution in [0.3, 0.4) is 0 Å². The Labute approximate surface area is 218 Å². The largest absolute Gasteiger partial charge is 0.482 e. The van der Waals surface area contributed by atoms with Crippen LogP contribution >= 0.6 is 0 Å². The van der Waals surface area contributed by atoms with Crippen molar-refractivity contribution in [3.8, 4) is 17.1 Å². The number of unbranched alkanes of at least 4 members (excludes halogenated alkanes) is 3. The van der Waals surface area contributed by atoms with E-state index in [0.29, 0.717) is 18.9 Å². The molecule has 0 atom stereocenters. The maximum atomic E-state index is 11.1. The van der Waals surface area contributed by atoms with Crippen LogP contribution in [0.15, 0.2) is 54.6 Å². The number of para-hydroxylation sites is 1. The molecule has 5 rings (SSSR count). The molecule has 0 unspecified atom stereocenters. The van der Waals surface area contributed by atoms with Gasteiger partial charge in [0.1, 0.15) is 11.4 Å². The topological polar surface area (TPSA) is 111 Å². The molecule has 3 heterocycles. The van der Waals surface area contributed by atoms with Gasteiger partial charge in [-0.25, -0.2) is 13.1 Å². The number of nitrogens with one attached hydrogen (secondary N) is 2. The summed E-state index contributed by atoms with van der Waals surface area (Å²) in [6, 6.07) is 16.6. The van der Waals surface area contributed by atoms with Gasteiger partial charge in [-0.05, 0) is 54.4 Å². The van der Waals surface area contributed by atoms with Gasteiger partial charge in [-0.3, -0.25) is 0 Å². The maximum Gasteiger partial charge on any atom is 0.208 e. The van der Waals surface area contributed by atoms with Crippen molar-refractivity contribution in [2.24, 2.45) is 0 Å². The first-order chi connectivity index (χ1) is 17.9. The highest BCUT2D eigenvalue weighted by Gasteiger charge is 2.36. The minimum Gasteiger partial charge on any atom is -0.482 e. The quantitative estimate of drug-likeness (QED) is 0.393. The number of hydrogen-bond acceptors (Lipinski definition) is 7. The first-order valence-corrected chi connectivity index (χ1v) is 14.9. The van der Waals surface area contributed by atoms with Crippen LogP contribution in [0.5, 0.6) is 5.75 Å². The number of benzene rings is 2. The summed E-state index contributed by atoms with van der Waals surface area (Å²) in [5.41, 5.74) is 4.14. The Balaban J connectivity index is 1.22. The molecule has 37 heavy (non-hydrogen) atoms. The summed E-state index contributed by atoms with van der Waals surface area (Å²) < 4.78 is 31.2. The summed E-state index contributed by atoms with van der Waals surface area (Å²) in [5.74, 6) is 1.56. The van der Waals surface area contributed by atoms with Gasteiger partial charge in [0.2, 0.25) is 15.8 Å². The lowest BCUT2D eigenvalue weighted by molar-refractivity contribution is 0.0817. The molecule has 2 aliphatic rings. The number of piperidine rings is 1. The minimum atomic E-state index is -3.11. The molecule has 1 fully saturated rings. The normalized spacial score (nSPS) is 16.7. The lowest BCUT2D eigenvalue weighted by Gasteiger charge is -2.40. The van der Waals surface area contributed by atoms with Gasteiger partial charge < -0.3 is 10.1 Å². The second-order valence-electron chi connectivity index (χ2n) is 9.84. The molecule has 0 radical (unpaired) electrons. The molecule has 2 aromatic carbocycles. The fourth-order valence-electron chi connectivity index (χ4n) is 4.94. The average molecular weight is 523 g/mol. The number of fused-ring (bicyclic) bond motifs is 1. The van der Waals surface area contributed by atoms with Crippen molar-refractivity contribution in [3.05, 3.63) is 65.7 Å². The van der Waals surface area contributed by atoms with Crippen LogP contribution in [0.1, 0.15) is 49.7 Å². The minimum absolute atomic E-state index is 0.262. The van der Waals surface area contributed by atoms with Crippen LogP contribution in [0, 0.1) is 0 Å². The van der Waals surface area contributed by atoms with Crippen molar-refractivity contribution < 1.29 is 13.2 Å². The van der Waals surface area contributed by atoms with Gasteiger partial charge in [0.05, 0.1) is 12.8 Å². The van der Waals surface area contributed by atoms with E-state index in [1.807, 2.05) is 6.07 Å². The molecule has 3 aromatic rings. The van der Waals surface area contributed by atoms with E-state index in [2.05, 4.69) is 74.0 Å². The molecule has 196 valence electrons. The number of sulfonamides is 1. The highest BCUT2D eigenvalue weighted by molar-refractivity contribution is 7.88. The summed E-state index contributed by atoms with van der Waals surface area (Å²) in [4.78, 5) is 1.64. The summed E-state index contributed by atoms with van der Waals surface area (Å²) >= 11 is 0. The predicted octanol–water partition coefficient (Wildman–Crippen LogP) is 3.40. The van der Waals surface area contributed by atoms with E-state index >= 15 is 0 Å². The van der Waals surface area contributed by atoms with Crippen LogP contribution in [-0.2, 0) is 16.6 Å². The van der Waals surface area contributed by atoms with Crippen molar-refractivity contribution in [1.29, 1.82) is 0 Å². The molecule has 9 nitrogen and oxygen atoms in total. The van der Waals surface area contributed by atoms with Crippen molar-refractivity contribution in [2.75, 3.05) is 25.9 Å². The smallest absolute Gasteiger partial charge is 0.208 e. The van der Waals surface area contributed by atoms with Gasteiger partial charge in [-0.15, -0.1) is 10.2 Å². The van der Waals surface area contributed by atoms with Crippen molar-refractivity contribution >= 4 is 15.6 Å². The number of hydrogen-bond donors (Lipinski definition) is 2. The van der Waals surface area contributed by atoms with Crippen molar-refractivity contribution in [3.63, 3.8) is 0 Å². The van der Waals surface area contributed by atoms with Gasteiger partial charge >= 0.3 is 0 Å². The van der Waals surface area contributed by atoms with Gasteiger partial charge in [-0.2, -0.15) is 4.80 Å². The molecule has 2 aliphatic heterocycles. The van der Waals surface area contributed by atoms with E-state index in [1.165, 1.54) is 11.8 Å². The molecule has 0 amide bonds. The molecule has 1 aromatic heterocycles. The van der Waals surface area contributed by atoms with E-state index in [0.717, 1.165) is 74.1 Å². The van der Waals surface area contributed by atoms with Gasteiger partial charge in [-0.1, -0.05) is 55.3 Å². The number of aromatic nitrogens is 4. The van der Waals surface area contributed by atoms with Crippen LogP contribution in [0.25, 0.3) is 17.0 Å². The summed E-state index contributed by atoms with van der Waals surface area (Å²) in [7, 11) is -3.11. The van der Waals surface area contributed by atoms with E-state index in [9.17, 15) is 8.42 Å². The zero-order valence-corrected chi connectivity index (χ0v) is 22.0. The molecule has 10 heteroatoms. The summed E-state index contributed by atoms with van der Waals surface area (Å²) in [5, 5.41) is 16.5. The number of aryl methyl sites for hydroxylation is 1. The third kappa shape index (κ3) is 6.44. The zero-order valence-electron chi connectivity index (χ0n) is 21.2. The highest BCUT2D eigenvalue weighted by atomic mass is 32.2. The Hall–Kier alpha value is -3.08. The average Bonchev–Trinajstić information content (AvgIpc) is 3.36. The summed E-state index contributed by atoms with van der Waals surface area (Å²) in [6.45, 7) is 3.07. The molecule has 0 saturated carbocycles. The van der Waals surface area contributed by atoms with Crippen LogP contribution in [0.2, 0.25) is 0 Å². The van der Waals surface area contributed by atoms with Crippen molar-refractivity contribution in [2.45, 2.75) is 50.7 Å². The van der Waals surface area contributed by atoms with Crippen LogP contribution < -0.4 is 14.8 Å². The number of nitrogens with zero attached hydrogens (tertiary/aromatic N) is 4. The third-order valence-corrected chi connectivity index (χ3v) is 7.63. The lowest BCUT2D eigenvalue weighted by atomic mass is 9.83. The standard InChI is InChI=1S/C27H34N6O3S/c1-37(34,35)29-16-6-2-3-7-19-33-31-26(30-32-33)22-12-10-21(11-13-22)24-20-27(14-17-28-18-15-27)36-25-9-5-4-8-23(24)25/h4-5,8-13,20,28-29H,2-3,6-7,14-19H2,1H3. The van der Waals surface area contributed by atoms with Gasteiger partial charge in [0.15, 0.2) is 0 Å². The van der Waals surface area contributed by atoms with E-state index < -0.39 is 10.0 Å². The lowest BCUT2D eigenvalue weighted by Crippen LogP contribution is -2.46. The Morgan fingerprint density at radius 1 is 1.00 bits per heavy atom. The first kappa shape index (κ1) is 25.6. The van der Waals surface area contributed by atoms with Gasteiger partial charge in [0, 0.05) is 30.5 Å². The second kappa shape index (κ2) is 11.1. The monoisotopic (exact) mass is 522 g/mol. The molecule has 0 aliphatic carbocycles. The van der Waals surface area contributed by atoms with Crippen LogP contribution in [0.4, 0.5) is 0 Å². The second-order valence-corrected chi connectivity index (χ2v) is 11.7. The third-order valence-electron chi connectivity index (χ3n) is 6.90. The van der Waals surface area contributed by atoms with E-state index in [4.69, 9.17) is 4.74 Å². The Kier molecular flexibility index (Phi) is 7.68. The number of tetrazole rings is 1. The fraction of sp³-hybridized carbons (Fsp3) is 0.444. The molecular formula is C27H34N6O3S. The van der Waals surface area contributed by atoms with Gasteiger partial charge in [0.25, 0.3) is 0 Å². The molecule has 0 bridgehead atoms. The fourth-order valence-corrected chi connectivity index (χ4v) is 5.46. The Bertz CT molecular complexity index is 1340. The molecule has 2 N–H and O–H groups in total. The molecular weight excluding hydrogens is 488 g/mol. The molecule has 1 saturated heterocycles. The molecule has 1 spiro atoms. The number of rotatable bonds is 10. The Morgan fingerprint density at radius 2 is 1.73 bits per heavy atom. The number of ether oxygens (including phenoxy) is 1. The Morgan fingerprint density at radius 3 is 2.51 bits per heavy atom. The van der Waals surface area contributed by atoms with E-state index in [-0.39, 0.29) is 5.60 Å². The van der Waals surface area contributed by atoms with Crippen molar-refractivity contribution in [1.82, 2.24) is 30.2 Å². The predicted molar refractivity (Wildman–Crippen MR) is 144 cm³/mol. The van der Waals surface area contributed by atoms with E-state index in [1.54, 1.807) is 4.80 Å². The first-order valence-electron chi connectivity index (χ1n) is 13.0. The highest BCUT2D eigenvalue weighted by Crippen LogP contribution is 2.42.